The molecule has 1 heterocycles. The molecule has 3 atom stereocenters. The van der Waals surface area contributed by atoms with E-state index in [1.807, 2.05) is 48.5 Å². The summed E-state index contributed by atoms with van der Waals surface area (Å²) in [4.78, 5) is 1.26. The molecule has 23 heavy (non-hydrogen) atoms. The van der Waals surface area contributed by atoms with Gasteiger partial charge in [0.2, 0.25) is 0 Å². The van der Waals surface area contributed by atoms with E-state index >= 15 is 0 Å². The summed E-state index contributed by atoms with van der Waals surface area (Å²) in [6.07, 6.45) is 0.607. The molecule has 1 aliphatic heterocycles. The second-order valence-electron chi connectivity index (χ2n) is 5.73. The van der Waals surface area contributed by atoms with E-state index < -0.39 is 6.10 Å². The van der Waals surface area contributed by atoms with E-state index in [0.717, 1.165) is 11.3 Å². The van der Waals surface area contributed by atoms with E-state index in [9.17, 15) is 5.11 Å². The molecule has 3 rings (SSSR count). The predicted octanol–water partition coefficient (Wildman–Crippen LogP) is 3.51. The third-order valence-corrected chi connectivity index (χ3v) is 4.87. The number of aliphatic hydroxyl groups excluding tert-OH is 1. The monoisotopic (exact) mass is 330 g/mol. The summed E-state index contributed by atoms with van der Waals surface area (Å²) >= 11 is 1.80. The van der Waals surface area contributed by atoms with Crippen molar-refractivity contribution in [1.82, 2.24) is 0 Å². The minimum absolute atomic E-state index is 0.168. The molecule has 0 aliphatic carbocycles. The Morgan fingerprint density at radius 2 is 1.70 bits per heavy atom. The average molecular weight is 330 g/mol. The lowest BCUT2D eigenvalue weighted by atomic mass is 10.2. The molecular weight excluding hydrogens is 308 g/mol. The molecule has 1 N–H and O–H groups in total. The topological polar surface area (TPSA) is 42.0 Å². The van der Waals surface area contributed by atoms with Gasteiger partial charge in [-0.1, -0.05) is 48.5 Å². The number of thioether (sulfide) groups is 1. The van der Waals surface area contributed by atoms with E-state index in [2.05, 4.69) is 12.1 Å². The van der Waals surface area contributed by atoms with Crippen molar-refractivity contribution >= 4 is 11.8 Å². The summed E-state index contributed by atoms with van der Waals surface area (Å²) in [7, 11) is 0. The van der Waals surface area contributed by atoms with Gasteiger partial charge in [0.05, 0.1) is 31.5 Å². The molecule has 2 aromatic carbocycles. The van der Waals surface area contributed by atoms with Gasteiger partial charge in [-0.2, -0.15) is 0 Å². The zero-order valence-corrected chi connectivity index (χ0v) is 13.8. The maximum atomic E-state index is 10.0. The maximum absolute atomic E-state index is 10.0. The van der Waals surface area contributed by atoms with Crippen molar-refractivity contribution < 1.29 is 14.6 Å². The highest BCUT2D eigenvalue weighted by molar-refractivity contribution is 7.99. The van der Waals surface area contributed by atoms with Crippen LogP contribution in [-0.2, 0) is 16.1 Å². The molecule has 4 heteroatoms. The van der Waals surface area contributed by atoms with Crippen LogP contribution in [0.1, 0.15) is 12.0 Å². The number of ether oxygens (including phenoxy) is 2. The van der Waals surface area contributed by atoms with E-state index in [4.69, 9.17) is 9.47 Å². The fourth-order valence-corrected chi connectivity index (χ4v) is 3.45. The van der Waals surface area contributed by atoms with Crippen LogP contribution in [0.25, 0.3) is 0 Å². The van der Waals surface area contributed by atoms with E-state index in [0.29, 0.717) is 19.6 Å². The molecular formula is C19H22O3S. The van der Waals surface area contributed by atoms with Crippen LogP contribution < -0.4 is 0 Å². The first-order chi connectivity index (χ1) is 11.3. The standard InChI is InChI=1S/C19H22O3S/c20-16(13-21-12-15-7-3-1-4-8-15)11-18-19(22-18)14-23-17-9-5-2-6-10-17/h1-10,16,18-20H,11-14H2/t16-,18+,19+/m1/s1. The Kier molecular flexibility index (Phi) is 6.11. The van der Waals surface area contributed by atoms with Crippen molar-refractivity contribution in [3.05, 3.63) is 66.2 Å². The van der Waals surface area contributed by atoms with Crippen molar-refractivity contribution in [1.29, 1.82) is 0 Å². The number of hydrogen-bond acceptors (Lipinski definition) is 4. The minimum atomic E-state index is -0.463. The van der Waals surface area contributed by atoms with Gasteiger partial charge < -0.3 is 14.6 Å². The van der Waals surface area contributed by atoms with Crippen molar-refractivity contribution in [2.24, 2.45) is 0 Å². The largest absolute Gasteiger partial charge is 0.391 e. The van der Waals surface area contributed by atoms with Crippen LogP contribution in [0, 0.1) is 0 Å². The zero-order chi connectivity index (χ0) is 15.9. The molecule has 0 bridgehead atoms. The number of epoxide rings is 1. The van der Waals surface area contributed by atoms with Gasteiger partial charge in [-0.05, 0) is 17.7 Å². The quantitative estimate of drug-likeness (QED) is 0.564. The molecule has 0 amide bonds. The van der Waals surface area contributed by atoms with Crippen molar-refractivity contribution in [3.8, 4) is 0 Å². The zero-order valence-electron chi connectivity index (χ0n) is 13.0. The normalized spacial score (nSPS) is 21.1. The Bertz CT molecular complexity index is 576. The van der Waals surface area contributed by atoms with Crippen LogP contribution >= 0.6 is 11.8 Å². The van der Waals surface area contributed by atoms with Gasteiger partial charge >= 0.3 is 0 Å². The first kappa shape index (κ1) is 16.5. The fraction of sp³-hybridized carbons (Fsp3) is 0.368. The smallest absolute Gasteiger partial charge is 0.0936 e. The number of hydrogen-bond donors (Lipinski definition) is 1. The number of aliphatic hydroxyl groups is 1. The van der Waals surface area contributed by atoms with Crippen LogP contribution in [-0.4, -0.2) is 35.8 Å². The van der Waals surface area contributed by atoms with Crippen LogP contribution in [0.3, 0.4) is 0 Å². The molecule has 1 fully saturated rings. The lowest BCUT2D eigenvalue weighted by molar-refractivity contribution is 0.0211. The van der Waals surface area contributed by atoms with E-state index in [1.54, 1.807) is 11.8 Å². The van der Waals surface area contributed by atoms with E-state index in [1.165, 1.54) is 4.90 Å². The first-order valence-electron chi connectivity index (χ1n) is 7.94. The van der Waals surface area contributed by atoms with Gasteiger partial charge in [-0.3, -0.25) is 0 Å². The van der Waals surface area contributed by atoms with Gasteiger partial charge in [-0.15, -0.1) is 11.8 Å². The highest BCUT2D eigenvalue weighted by Gasteiger charge is 2.39. The molecule has 3 nitrogen and oxygen atoms in total. The molecule has 0 spiro atoms. The van der Waals surface area contributed by atoms with Gasteiger partial charge in [0.1, 0.15) is 0 Å². The highest BCUT2D eigenvalue weighted by Crippen LogP contribution is 2.32. The lowest BCUT2D eigenvalue weighted by Crippen LogP contribution is -2.18. The highest BCUT2D eigenvalue weighted by atomic mass is 32.2. The average Bonchev–Trinajstić information content (AvgIpc) is 3.33. The molecule has 0 unspecified atom stereocenters. The fourth-order valence-electron chi connectivity index (χ4n) is 2.45. The first-order valence-corrected chi connectivity index (χ1v) is 8.93. The summed E-state index contributed by atoms with van der Waals surface area (Å²) < 4.78 is 11.2. The summed E-state index contributed by atoms with van der Waals surface area (Å²) in [5.74, 6) is 0.937. The summed E-state index contributed by atoms with van der Waals surface area (Å²) in [6, 6.07) is 20.3. The SMILES string of the molecule is O[C@@H](COCc1ccccc1)C[C@@H]1O[C@H]1CSc1ccccc1. The minimum Gasteiger partial charge on any atom is -0.391 e. The van der Waals surface area contributed by atoms with Crippen LogP contribution in [0.15, 0.2) is 65.6 Å². The Morgan fingerprint density at radius 3 is 2.43 bits per heavy atom. The van der Waals surface area contributed by atoms with Crippen molar-refractivity contribution in [2.45, 2.75) is 36.2 Å². The maximum Gasteiger partial charge on any atom is 0.0936 e. The van der Waals surface area contributed by atoms with Gasteiger partial charge in [0.25, 0.3) is 0 Å². The second-order valence-corrected chi connectivity index (χ2v) is 6.82. The molecule has 0 aromatic heterocycles. The summed E-state index contributed by atoms with van der Waals surface area (Å²) in [5.41, 5.74) is 1.12. The lowest BCUT2D eigenvalue weighted by Gasteiger charge is -2.10. The third kappa shape index (κ3) is 5.66. The summed E-state index contributed by atoms with van der Waals surface area (Å²) in [5, 5.41) is 10.0. The van der Waals surface area contributed by atoms with Gasteiger partial charge in [-0.25, -0.2) is 0 Å². The molecule has 1 aliphatic rings. The number of rotatable bonds is 9. The summed E-state index contributed by atoms with van der Waals surface area (Å²) in [6.45, 7) is 0.893. The molecule has 1 saturated heterocycles. The molecule has 0 saturated carbocycles. The van der Waals surface area contributed by atoms with Gasteiger partial charge in [0.15, 0.2) is 0 Å². The van der Waals surface area contributed by atoms with E-state index in [-0.39, 0.29) is 12.2 Å². The molecule has 2 aromatic rings. The molecule has 122 valence electrons. The third-order valence-electron chi connectivity index (χ3n) is 3.77. The number of benzene rings is 2. The van der Waals surface area contributed by atoms with Crippen molar-refractivity contribution in [3.63, 3.8) is 0 Å². The Balaban J connectivity index is 1.28. The molecule has 0 radical (unpaired) electrons. The van der Waals surface area contributed by atoms with Crippen LogP contribution in [0.5, 0.6) is 0 Å². The van der Waals surface area contributed by atoms with Crippen molar-refractivity contribution in [2.75, 3.05) is 12.4 Å². The van der Waals surface area contributed by atoms with Crippen LogP contribution in [0.2, 0.25) is 0 Å². The van der Waals surface area contributed by atoms with Crippen LogP contribution in [0.4, 0.5) is 0 Å². The Labute approximate surface area is 141 Å². The predicted molar refractivity (Wildman–Crippen MR) is 92.5 cm³/mol. The Hall–Kier alpha value is -1.33. The second kappa shape index (κ2) is 8.50. The Morgan fingerprint density at radius 1 is 1.00 bits per heavy atom. The van der Waals surface area contributed by atoms with Gasteiger partial charge in [0, 0.05) is 17.1 Å².